The summed E-state index contributed by atoms with van der Waals surface area (Å²) < 4.78 is 0. The molecular formula is C12H17NOS. The smallest absolute Gasteiger partial charge is 0.0901 e. The fraction of sp³-hybridized carbons (Fsp3) is 0.417. The van der Waals surface area contributed by atoms with Crippen molar-refractivity contribution in [2.45, 2.75) is 26.9 Å². The van der Waals surface area contributed by atoms with Crippen LogP contribution in [0.1, 0.15) is 24.5 Å². The lowest BCUT2D eigenvalue weighted by molar-refractivity contribution is 0.127. The van der Waals surface area contributed by atoms with Gasteiger partial charge in [0.1, 0.15) is 0 Å². The number of nitrogens with zero attached hydrogens (tertiary/aromatic N) is 1. The van der Waals surface area contributed by atoms with Gasteiger partial charge in [-0.25, -0.2) is 4.98 Å². The molecule has 1 rings (SSSR count). The fourth-order valence-corrected chi connectivity index (χ4v) is 1.60. The van der Waals surface area contributed by atoms with E-state index in [1.54, 1.807) is 23.5 Å². The average molecular weight is 223 g/mol. The van der Waals surface area contributed by atoms with Crippen LogP contribution in [0.3, 0.4) is 0 Å². The summed E-state index contributed by atoms with van der Waals surface area (Å²) in [4.78, 5) is 4.29. The Morgan fingerprint density at radius 2 is 2.27 bits per heavy atom. The number of thiazole rings is 1. The zero-order chi connectivity index (χ0) is 11.5. The lowest BCUT2D eigenvalue weighted by Gasteiger charge is -2.23. The van der Waals surface area contributed by atoms with Crippen molar-refractivity contribution in [3.63, 3.8) is 0 Å². The van der Waals surface area contributed by atoms with Crippen LogP contribution < -0.4 is 0 Å². The highest BCUT2D eigenvalue weighted by atomic mass is 32.1. The van der Waals surface area contributed by atoms with Gasteiger partial charge >= 0.3 is 0 Å². The van der Waals surface area contributed by atoms with Gasteiger partial charge in [0.2, 0.25) is 0 Å². The molecule has 0 saturated carbocycles. The fourth-order valence-electron chi connectivity index (χ4n) is 1.02. The van der Waals surface area contributed by atoms with Gasteiger partial charge in [-0.1, -0.05) is 26.0 Å². The third-order valence-corrected chi connectivity index (χ3v) is 3.17. The molecule has 1 atom stereocenters. The Hall–Kier alpha value is -0.930. The summed E-state index contributed by atoms with van der Waals surface area (Å²) in [6.07, 6.45) is 4.83. The van der Waals surface area contributed by atoms with Crippen molar-refractivity contribution >= 4 is 17.4 Å². The highest BCUT2D eigenvalue weighted by Crippen LogP contribution is 2.23. The molecule has 1 aromatic rings. The maximum atomic E-state index is 9.86. The Balaban J connectivity index is 2.70. The Labute approximate surface area is 95.0 Å². The molecule has 0 aromatic carbocycles. The molecule has 0 aliphatic heterocycles. The molecule has 0 bridgehead atoms. The summed E-state index contributed by atoms with van der Waals surface area (Å²) in [6.45, 7) is 9.56. The van der Waals surface area contributed by atoms with E-state index in [9.17, 15) is 5.11 Å². The van der Waals surface area contributed by atoms with E-state index < -0.39 is 6.10 Å². The number of hydrogen-bond donors (Lipinski definition) is 1. The van der Waals surface area contributed by atoms with Crippen LogP contribution in [0.15, 0.2) is 24.1 Å². The molecule has 0 spiro atoms. The Kier molecular flexibility index (Phi) is 3.83. The lowest BCUT2D eigenvalue weighted by Crippen LogP contribution is -2.24. The van der Waals surface area contributed by atoms with E-state index >= 15 is 0 Å². The summed E-state index contributed by atoms with van der Waals surface area (Å²) in [5.74, 6) is 0. The molecule has 15 heavy (non-hydrogen) atoms. The van der Waals surface area contributed by atoms with Crippen molar-refractivity contribution in [1.82, 2.24) is 4.98 Å². The standard InChI is InChI=1S/C12H17NOS/c1-5-12(3,4)11(14)7-6-10-8-15-9(2)13-10/h5-8,11,14H,1H2,2-4H3. The first-order valence-electron chi connectivity index (χ1n) is 4.87. The molecule has 82 valence electrons. The lowest BCUT2D eigenvalue weighted by atomic mass is 9.86. The van der Waals surface area contributed by atoms with Crippen molar-refractivity contribution in [2.75, 3.05) is 0 Å². The molecule has 0 aliphatic carbocycles. The van der Waals surface area contributed by atoms with Gasteiger partial charge < -0.3 is 5.11 Å². The van der Waals surface area contributed by atoms with Crippen LogP contribution in [0.4, 0.5) is 0 Å². The van der Waals surface area contributed by atoms with Crippen LogP contribution in [0.2, 0.25) is 0 Å². The summed E-state index contributed by atoms with van der Waals surface area (Å²) in [5, 5.41) is 12.9. The molecular weight excluding hydrogens is 206 g/mol. The van der Waals surface area contributed by atoms with Crippen LogP contribution in [-0.4, -0.2) is 16.2 Å². The normalized spacial score (nSPS) is 14.4. The second-order valence-corrected chi connectivity index (χ2v) is 5.18. The van der Waals surface area contributed by atoms with Crippen molar-refractivity contribution in [3.05, 3.63) is 34.8 Å². The van der Waals surface area contributed by atoms with Gasteiger partial charge in [-0.05, 0) is 13.0 Å². The van der Waals surface area contributed by atoms with Gasteiger partial charge in [0.25, 0.3) is 0 Å². The maximum Gasteiger partial charge on any atom is 0.0901 e. The first-order valence-corrected chi connectivity index (χ1v) is 5.75. The van der Waals surface area contributed by atoms with Crippen LogP contribution in [0.5, 0.6) is 0 Å². The maximum absolute atomic E-state index is 9.86. The number of aliphatic hydroxyl groups is 1. The SMILES string of the molecule is C=CC(C)(C)C(O)C=Cc1csc(C)n1. The highest BCUT2D eigenvalue weighted by Gasteiger charge is 2.21. The third-order valence-electron chi connectivity index (χ3n) is 2.37. The molecule has 0 fully saturated rings. The van der Waals surface area contributed by atoms with Crippen LogP contribution >= 0.6 is 11.3 Å². The van der Waals surface area contributed by atoms with E-state index in [0.717, 1.165) is 10.7 Å². The summed E-state index contributed by atoms with van der Waals surface area (Å²) in [6, 6.07) is 0. The Morgan fingerprint density at radius 3 is 2.73 bits per heavy atom. The first kappa shape index (κ1) is 12.1. The quantitative estimate of drug-likeness (QED) is 0.796. The van der Waals surface area contributed by atoms with Crippen LogP contribution in [-0.2, 0) is 0 Å². The van der Waals surface area contributed by atoms with Crippen molar-refractivity contribution < 1.29 is 5.11 Å². The highest BCUT2D eigenvalue weighted by molar-refractivity contribution is 7.09. The number of rotatable bonds is 4. The number of hydrogen-bond acceptors (Lipinski definition) is 3. The molecule has 1 heterocycles. The van der Waals surface area contributed by atoms with E-state index in [1.165, 1.54) is 0 Å². The van der Waals surface area contributed by atoms with Gasteiger partial charge in [0.15, 0.2) is 0 Å². The van der Waals surface area contributed by atoms with Crippen molar-refractivity contribution in [2.24, 2.45) is 5.41 Å². The summed E-state index contributed by atoms with van der Waals surface area (Å²) in [5.41, 5.74) is 0.595. The van der Waals surface area contributed by atoms with E-state index in [0.29, 0.717) is 0 Å². The molecule has 1 N–H and O–H groups in total. The Bertz CT molecular complexity index is 365. The van der Waals surface area contributed by atoms with Gasteiger partial charge in [-0.3, -0.25) is 0 Å². The average Bonchev–Trinajstić information content (AvgIpc) is 2.60. The van der Waals surface area contributed by atoms with E-state index in [4.69, 9.17) is 0 Å². The van der Waals surface area contributed by atoms with Gasteiger partial charge in [-0.15, -0.1) is 17.9 Å². The second kappa shape index (κ2) is 4.73. The molecule has 2 nitrogen and oxygen atoms in total. The molecule has 0 aliphatic rings. The molecule has 3 heteroatoms. The largest absolute Gasteiger partial charge is 0.388 e. The van der Waals surface area contributed by atoms with Crippen LogP contribution in [0.25, 0.3) is 6.08 Å². The molecule has 0 radical (unpaired) electrons. The number of aryl methyl sites for hydroxylation is 1. The second-order valence-electron chi connectivity index (χ2n) is 4.12. The first-order chi connectivity index (χ1) is 6.95. The predicted octanol–water partition coefficient (Wildman–Crippen LogP) is 3.04. The molecule has 1 aromatic heterocycles. The minimum absolute atomic E-state index is 0.304. The van der Waals surface area contributed by atoms with Crippen molar-refractivity contribution in [3.8, 4) is 0 Å². The third kappa shape index (κ3) is 3.29. The minimum Gasteiger partial charge on any atom is -0.388 e. The van der Waals surface area contributed by atoms with Crippen LogP contribution in [0, 0.1) is 12.3 Å². The summed E-state index contributed by atoms with van der Waals surface area (Å²) >= 11 is 1.61. The van der Waals surface area contributed by atoms with E-state index in [-0.39, 0.29) is 5.41 Å². The summed E-state index contributed by atoms with van der Waals surface area (Å²) in [7, 11) is 0. The van der Waals surface area contributed by atoms with Crippen molar-refractivity contribution in [1.29, 1.82) is 0 Å². The Morgan fingerprint density at radius 1 is 1.60 bits per heavy atom. The number of aromatic nitrogens is 1. The molecule has 0 amide bonds. The number of aliphatic hydroxyl groups excluding tert-OH is 1. The van der Waals surface area contributed by atoms with Gasteiger partial charge in [0, 0.05) is 10.8 Å². The van der Waals surface area contributed by atoms with Gasteiger partial charge in [0.05, 0.1) is 16.8 Å². The topological polar surface area (TPSA) is 33.1 Å². The van der Waals surface area contributed by atoms with Gasteiger partial charge in [-0.2, -0.15) is 0 Å². The zero-order valence-corrected chi connectivity index (χ0v) is 10.2. The van der Waals surface area contributed by atoms with E-state index in [1.807, 2.05) is 32.2 Å². The monoisotopic (exact) mass is 223 g/mol. The molecule has 1 unspecified atom stereocenters. The molecule has 0 saturated heterocycles. The van der Waals surface area contributed by atoms with E-state index in [2.05, 4.69) is 11.6 Å². The minimum atomic E-state index is -0.531. The zero-order valence-electron chi connectivity index (χ0n) is 9.40. The predicted molar refractivity (Wildman–Crippen MR) is 65.9 cm³/mol.